The Hall–Kier alpha value is -0.770. The first-order valence-corrected chi connectivity index (χ1v) is 6.90. The average Bonchev–Trinajstić information content (AvgIpc) is 2.88. The van der Waals surface area contributed by atoms with Crippen molar-refractivity contribution in [1.82, 2.24) is 0 Å². The quantitative estimate of drug-likeness (QED) is 0.807. The summed E-state index contributed by atoms with van der Waals surface area (Å²) in [5.41, 5.74) is 6.66. The van der Waals surface area contributed by atoms with Crippen molar-refractivity contribution in [1.29, 1.82) is 0 Å². The Balaban J connectivity index is 1.76. The van der Waals surface area contributed by atoms with Crippen molar-refractivity contribution in [2.24, 2.45) is 5.73 Å². The van der Waals surface area contributed by atoms with E-state index in [9.17, 15) is 0 Å². The molecule has 100 valence electrons. The van der Waals surface area contributed by atoms with Crippen molar-refractivity contribution in [3.63, 3.8) is 0 Å². The first-order chi connectivity index (χ1) is 8.79. The van der Waals surface area contributed by atoms with E-state index in [1.165, 1.54) is 12.8 Å². The molecule has 3 nitrogen and oxygen atoms in total. The number of nitrogens with two attached hydrogens (primary N) is 1. The number of hydrogen-bond donors (Lipinski definition) is 1. The predicted molar refractivity (Wildman–Crippen MR) is 73.0 cm³/mol. The van der Waals surface area contributed by atoms with Gasteiger partial charge in [0.2, 0.25) is 0 Å². The lowest BCUT2D eigenvalue weighted by Gasteiger charge is -2.12. The average molecular weight is 270 g/mol. The summed E-state index contributed by atoms with van der Waals surface area (Å²) < 4.78 is 11.3. The molecule has 1 aliphatic rings. The Morgan fingerprint density at radius 1 is 1.44 bits per heavy atom. The molecule has 1 aliphatic heterocycles. The molecule has 0 spiro atoms. The highest BCUT2D eigenvalue weighted by Crippen LogP contribution is 2.24. The fourth-order valence-corrected chi connectivity index (χ4v) is 2.36. The van der Waals surface area contributed by atoms with E-state index in [1.807, 2.05) is 18.2 Å². The van der Waals surface area contributed by atoms with Crippen LogP contribution in [-0.2, 0) is 11.3 Å². The standard InChI is InChI=1S/C14H20ClNO2/c15-12-6-5-11(10-16)14(9-12)18-8-2-4-13-3-1-7-17-13/h5-6,9,13H,1-4,7-8,10,16H2. The number of ether oxygens (including phenoxy) is 2. The van der Waals surface area contributed by atoms with Crippen LogP contribution < -0.4 is 10.5 Å². The van der Waals surface area contributed by atoms with E-state index in [0.29, 0.717) is 24.3 Å². The van der Waals surface area contributed by atoms with Crippen LogP contribution >= 0.6 is 11.6 Å². The molecule has 1 atom stereocenters. The SMILES string of the molecule is NCc1ccc(Cl)cc1OCCCC1CCCO1. The maximum absolute atomic E-state index is 5.95. The molecule has 0 saturated carbocycles. The second-order valence-electron chi connectivity index (χ2n) is 4.58. The van der Waals surface area contributed by atoms with Crippen molar-refractivity contribution in [3.05, 3.63) is 28.8 Å². The fourth-order valence-electron chi connectivity index (χ4n) is 2.20. The van der Waals surface area contributed by atoms with Gasteiger partial charge in [-0.15, -0.1) is 0 Å². The summed E-state index contributed by atoms with van der Waals surface area (Å²) in [5, 5.41) is 0.682. The third kappa shape index (κ3) is 3.87. The van der Waals surface area contributed by atoms with Crippen LogP contribution in [0, 0.1) is 0 Å². The molecule has 1 heterocycles. The molecule has 2 N–H and O–H groups in total. The molecular formula is C14H20ClNO2. The molecule has 0 aromatic heterocycles. The Bertz CT molecular complexity index is 378. The van der Waals surface area contributed by atoms with E-state index in [2.05, 4.69) is 0 Å². The Morgan fingerprint density at radius 3 is 3.06 bits per heavy atom. The lowest BCUT2D eigenvalue weighted by atomic mass is 10.1. The van der Waals surface area contributed by atoms with Gasteiger partial charge in [-0.2, -0.15) is 0 Å². The lowest BCUT2D eigenvalue weighted by Crippen LogP contribution is -2.09. The van der Waals surface area contributed by atoms with Crippen molar-refractivity contribution in [2.75, 3.05) is 13.2 Å². The van der Waals surface area contributed by atoms with Gasteiger partial charge >= 0.3 is 0 Å². The molecule has 0 aliphatic carbocycles. The van der Waals surface area contributed by atoms with E-state index >= 15 is 0 Å². The van der Waals surface area contributed by atoms with Crippen LogP contribution in [0.25, 0.3) is 0 Å². The molecule has 1 unspecified atom stereocenters. The minimum Gasteiger partial charge on any atom is -0.493 e. The first kappa shape index (κ1) is 13.7. The molecule has 4 heteroatoms. The Morgan fingerprint density at radius 2 is 2.33 bits per heavy atom. The van der Waals surface area contributed by atoms with Crippen molar-refractivity contribution in [2.45, 2.75) is 38.3 Å². The fraction of sp³-hybridized carbons (Fsp3) is 0.571. The van der Waals surface area contributed by atoms with Crippen LogP contribution in [-0.4, -0.2) is 19.3 Å². The van der Waals surface area contributed by atoms with Crippen LogP contribution in [0.5, 0.6) is 5.75 Å². The van der Waals surface area contributed by atoms with E-state index in [0.717, 1.165) is 30.8 Å². The normalized spacial score (nSPS) is 19.1. The molecule has 0 amide bonds. The van der Waals surface area contributed by atoms with Gasteiger partial charge in [-0.25, -0.2) is 0 Å². The zero-order valence-corrected chi connectivity index (χ0v) is 11.3. The first-order valence-electron chi connectivity index (χ1n) is 6.52. The van der Waals surface area contributed by atoms with Gasteiger partial charge in [-0.3, -0.25) is 0 Å². The molecule has 0 bridgehead atoms. The molecule has 1 aromatic carbocycles. The minimum atomic E-state index is 0.432. The second-order valence-corrected chi connectivity index (χ2v) is 5.02. The highest BCUT2D eigenvalue weighted by Gasteiger charge is 2.14. The van der Waals surface area contributed by atoms with Crippen molar-refractivity contribution < 1.29 is 9.47 Å². The maximum Gasteiger partial charge on any atom is 0.125 e. The molecule has 2 rings (SSSR count). The predicted octanol–water partition coefficient (Wildman–Crippen LogP) is 3.14. The van der Waals surface area contributed by atoms with Crippen LogP contribution in [0.2, 0.25) is 5.02 Å². The van der Waals surface area contributed by atoms with E-state index < -0.39 is 0 Å². The molecule has 0 radical (unpaired) electrons. The zero-order chi connectivity index (χ0) is 12.8. The van der Waals surface area contributed by atoms with Gasteiger partial charge in [0.1, 0.15) is 5.75 Å². The van der Waals surface area contributed by atoms with Crippen LogP contribution in [0.15, 0.2) is 18.2 Å². The van der Waals surface area contributed by atoms with Gasteiger partial charge in [0.25, 0.3) is 0 Å². The number of hydrogen-bond acceptors (Lipinski definition) is 3. The molecule has 18 heavy (non-hydrogen) atoms. The lowest BCUT2D eigenvalue weighted by molar-refractivity contribution is 0.0981. The summed E-state index contributed by atoms with van der Waals surface area (Å²) in [6.45, 7) is 2.07. The Labute approximate surface area is 113 Å². The summed E-state index contributed by atoms with van der Waals surface area (Å²) >= 11 is 5.95. The summed E-state index contributed by atoms with van der Waals surface area (Å²) in [6.07, 6.45) is 4.88. The van der Waals surface area contributed by atoms with E-state index in [4.69, 9.17) is 26.8 Å². The van der Waals surface area contributed by atoms with Crippen LogP contribution in [0.1, 0.15) is 31.2 Å². The summed E-state index contributed by atoms with van der Waals surface area (Å²) in [6, 6.07) is 5.58. The molecule has 1 aromatic rings. The van der Waals surface area contributed by atoms with Gasteiger partial charge in [0.15, 0.2) is 0 Å². The zero-order valence-electron chi connectivity index (χ0n) is 10.5. The van der Waals surface area contributed by atoms with Crippen LogP contribution in [0.4, 0.5) is 0 Å². The summed E-state index contributed by atoms with van der Waals surface area (Å²) in [4.78, 5) is 0. The third-order valence-corrected chi connectivity index (χ3v) is 3.44. The van der Waals surface area contributed by atoms with Gasteiger partial charge in [0, 0.05) is 23.7 Å². The van der Waals surface area contributed by atoms with Gasteiger partial charge < -0.3 is 15.2 Å². The topological polar surface area (TPSA) is 44.5 Å². The van der Waals surface area contributed by atoms with Crippen molar-refractivity contribution >= 4 is 11.6 Å². The largest absolute Gasteiger partial charge is 0.493 e. The highest BCUT2D eigenvalue weighted by atomic mass is 35.5. The third-order valence-electron chi connectivity index (χ3n) is 3.20. The smallest absolute Gasteiger partial charge is 0.125 e. The maximum atomic E-state index is 5.95. The van der Waals surface area contributed by atoms with Gasteiger partial charge in [-0.1, -0.05) is 17.7 Å². The number of benzene rings is 1. The summed E-state index contributed by atoms with van der Waals surface area (Å²) in [5.74, 6) is 0.803. The number of rotatable bonds is 6. The monoisotopic (exact) mass is 269 g/mol. The van der Waals surface area contributed by atoms with Gasteiger partial charge in [-0.05, 0) is 37.8 Å². The molecule has 1 fully saturated rings. The van der Waals surface area contributed by atoms with Crippen molar-refractivity contribution in [3.8, 4) is 5.75 Å². The highest BCUT2D eigenvalue weighted by molar-refractivity contribution is 6.30. The molecule has 1 saturated heterocycles. The molecular weight excluding hydrogens is 250 g/mol. The van der Waals surface area contributed by atoms with E-state index in [-0.39, 0.29) is 0 Å². The second kappa shape index (κ2) is 6.98. The summed E-state index contributed by atoms with van der Waals surface area (Å²) in [7, 11) is 0. The number of halogens is 1. The van der Waals surface area contributed by atoms with Gasteiger partial charge in [0.05, 0.1) is 12.7 Å². The Kier molecular flexibility index (Phi) is 5.29. The minimum absolute atomic E-state index is 0.432. The van der Waals surface area contributed by atoms with Crippen LogP contribution in [0.3, 0.4) is 0 Å². The van der Waals surface area contributed by atoms with E-state index in [1.54, 1.807) is 0 Å².